The van der Waals surface area contributed by atoms with Crippen molar-refractivity contribution in [3.8, 4) is 0 Å². The van der Waals surface area contributed by atoms with Gasteiger partial charge in [0, 0.05) is 50.3 Å². The lowest BCUT2D eigenvalue weighted by Gasteiger charge is -2.33. The smallest absolute Gasteiger partial charge is 0.374 e. The van der Waals surface area contributed by atoms with Crippen LogP contribution in [0.3, 0.4) is 0 Å². The molecule has 0 aromatic rings. The van der Waals surface area contributed by atoms with Crippen LogP contribution in [0.15, 0.2) is 12.4 Å². The lowest BCUT2D eigenvalue weighted by molar-refractivity contribution is 0.0698. The third-order valence-corrected chi connectivity index (χ3v) is 6.83. The van der Waals surface area contributed by atoms with Crippen LogP contribution in [-0.2, 0) is 13.3 Å². The zero-order valence-corrected chi connectivity index (χ0v) is 16.2. The Morgan fingerprint density at radius 1 is 0.955 bits per heavy atom. The summed E-state index contributed by atoms with van der Waals surface area (Å²) in [5.74, 6) is 0. The second kappa shape index (κ2) is 8.91. The molecule has 5 nitrogen and oxygen atoms in total. The first kappa shape index (κ1) is 19.5. The highest BCUT2D eigenvalue weighted by Crippen LogP contribution is 2.22. The largest absolute Gasteiger partial charge is 0.500 e. The summed E-state index contributed by atoms with van der Waals surface area (Å²) in [5, 5.41) is 0. The van der Waals surface area contributed by atoms with Gasteiger partial charge in [-0.25, -0.2) is 0 Å². The van der Waals surface area contributed by atoms with Gasteiger partial charge in [0.25, 0.3) is 0 Å². The van der Waals surface area contributed by atoms with Crippen molar-refractivity contribution in [3.05, 3.63) is 12.4 Å². The molecule has 1 rings (SSSR count). The molecule has 0 fully saturated rings. The molecule has 0 spiro atoms. The average Bonchev–Trinajstić information content (AvgIpc) is 2.88. The zero-order valence-electron chi connectivity index (χ0n) is 15.2. The van der Waals surface area contributed by atoms with E-state index in [-0.39, 0.29) is 5.54 Å². The molecule has 0 aromatic carbocycles. The van der Waals surface area contributed by atoms with Crippen LogP contribution in [0.2, 0.25) is 6.04 Å². The highest BCUT2D eigenvalue weighted by Gasteiger charge is 2.39. The van der Waals surface area contributed by atoms with E-state index in [2.05, 4.69) is 43.0 Å². The van der Waals surface area contributed by atoms with Gasteiger partial charge in [0.2, 0.25) is 0 Å². The molecule has 22 heavy (non-hydrogen) atoms. The molecule has 1 aliphatic rings. The number of hydrogen-bond donors (Lipinski definition) is 0. The Kier molecular flexibility index (Phi) is 7.89. The molecule has 0 bridgehead atoms. The van der Waals surface area contributed by atoms with E-state index >= 15 is 0 Å². The number of nitrogens with zero attached hydrogens (tertiary/aromatic N) is 2. The minimum atomic E-state index is -2.49. The predicted octanol–water partition coefficient (Wildman–Crippen LogP) is 3.27. The van der Waals surface area contributed by atoms with Gasteiger partial charge in [-0.2, -0.15) is 0 Å². The van der Waals surface area contributed by atoms with E-state index in [9.17, 15) is 0 Å². The minimum absolute atomic E-state index is 0.172. The fraction of sp³-hybridized carbons (Fsp3) is 0.875. The maximum Gasteiger partial charge on any atom is 0.500 e. The summed E-state index contributed by atoms with van der Waals surface area (Å²) in [6.07, 6.45) is 5.38. The summed E-state index contributed by atoms with van der Waals surface area (Å²) in [4.78, 5) is 4.69. The molecular weight excluding hydrogens is 296 g/mol. The molecule has 130 valence electrons. The minimum Gasteiger partial charge on any atom is -0.374 e. The summed E-state index contributed by atoms with van der Waals surface area (Å²) in [6, 6.07) is 0.877. The molecule has 6 heteroatoms. The van der Waals surface area contributed by atoms with Crippen molar-refractivity contribution in [3.63, 3.8) is 0 Å². The van der Waals surface area contributed by atoms with Crippen LogP contribution in [-0.4, -0.2) is 57.2 Å². The summed E-state index contributed by atoms with van der Waals surface area (Å²) < 4.78 is 17.7. The predicted molar refractivity (Wildman–Crippen MR) is 92.4 cm³/mol. The van der Waals surface area contributed by atoms with Gasteiger partial charge in [0.05, 0.1) is 6.67 Å². The Morgan fingerprint density at radius 2 is 1.50 bits per heavy atom. The van der Waals surface area contributed by atoms with Crippen molar-refractivity contribution in [2.24, 2.45) is 0 Å². The molecular formula is C16H34N2O3Si. The van der Waals surface area contributed by atoms with Crippen molar-refractivity contribution in [2.45, 2.75) is 59.5 Å². The fourth-order valence-corrected chi connectivity index (χ4v) is 5.14. The summed E-state index contributed by atoms with van der Waals surface area (Å²) in [5.41, 5.74) is 0.172. The maximum atomic E-state index is 5.90. The molecule has 0 saturated heterocycles. The Hall–Kier alpha value is -0.563. The monoisotopic (exact) mass is 330 g/mol. The van der Waals surface area contributed by atoms with Crippen molar-refractivity contribution in [1.82, 2.24) is 9.80 Å². The van der Waals surface area contributed by atoms with E-state index in [1.54, 1.807) is 0 Å². The van der Waals surface area contributed by atoms with Crippen LogP contribution in [0, 0.1) is 0 Å². The van der Waals surface area contributed by atoms with E-state index in [0.29, 0.717) is 19.8 Å². The van der Waals surface area contributed by atoms with Crippen LogP contribution in [0.4, 0.5) is 0 Å². The first-order valence-corrected chi connectivity index (χ1v) is 10.4. The second-order valence-corrected chi connectivity index (χ2v) is 9.21. The second-order valence-electron chi connectivity index (χ2n) is 6.48. The van der Waals surface area contributed by atoms with E-state index in [1.807, 2.05) is 20.8 Å². The van der Waals surface area contributed by atoms with Crippen LogP contribution in [0.1, 0.15) is 48.0 Å². The van der Waals surface area contributed by atoms with Crippen LogP contribution >= 0.6 is 0 Å². The van der Waals surface area contributed by atoms with E-state index in [1.165, 1.54) is 0 Å². The quantitative estimate of drug-likeness (QED) is 0.574. The van der Waals surface area contributed by atoms with Gasteiger partial charge in [-0.1, -0.05) is 0 Å². The van der Waals surface area contributed by atoms with Crippen LogP contribution < -0.4 is 0 Å². The maximum absolute atomic E-state index is 5.90. The molecule has 0 saturated carbocycles. The SMILES string of the molecule is CCO[Si](CCCN1C=CN(C(C)(C)C)C1)(OCC)OCC. The van der Waals surface area contributed by atoms with Crippen molar-refractivity contribution in [1.29, 1.82) is 0 Å². The Labute approximate surface area is 137 Å². The Morgan fingerprint density at radius 3 is 1.91 bits per heavy atom. The number of hydrogen-bond acceptors (Lipinski definition) is 5. The highest BCUT2D eigenvalue weighted by atomic mass is 28.4. The van der Waals surface area contributed by atoms with Crippen molar-refractivity contribution >= 4 is 8.80 Å². The highest BCUT2D eigenvalue weighted by molar-refractivity contribution is 6.60. The first-order valence-electron chi connectivity index (χ1n) is 8.48. The molecule has 0 aromatic heterocycles. The third-order valence-electron chi connectivity index (χ3n) is 3.67. The summed E-state index contributed by atoms with van der Waals surface area (Å²) >= 11 is 0. The first-order chi connectivity index (χ1) is 10.4. The average molecular weight is 331 g/mol. The van der Waals surface area contributed by atoms with Crippen molar-refractivity contribution < 1.29 is 13.3 Å². The normalized spacial score (nSPS) is 15.9. The molecule has 0 aliphatic carbocycles. The molecule has 0 amide bonds. The van der Waals surface area contributed by atoms with Crippen LogP contribution in [0.25, 0.3) is 0 Å². The number of rotatable bonds is 10. The van der Waals surface area contributed by atoms with Crippen LogP contribution in [0.5, 0.6) is 0 Å². The van der Waals surface area contributed by atoms with Gasteiger partial charge in [-0.3, -0.25) is 0 Å². The van der Waals surface area contributed by atoms with E-state index < -0.39 is 8.80 Å². The van der Waals surface area contributed by atoms with Gasteiger partial charge in [-0.05, 0) is 48.0 Å². The molecule has 0 N–H and O–H groups in total. The Balaban J connectivity index is 2.45. The summed E-state index contributed by atoms with van der Waals surface area (Å²) in [6.45, 7) is 16.6. The lowest BCUT2D eigenvalue weighted by Crippen LogP contribution is -2.46. The summed E-state index contributed by atoms with van der Waals surface area (Å²) in [7, 11) is -2.49. The third kappa shape index (κ3) is 5.91. The molecule has 0 unspecified atom stereocenters. The topological polar surface area (TPSA) is 34.2 Å². The van der Waals surface area contributed by atoms with Gasteiger partial charge in [0.15, 0.2) is 0 Å². The van der Waals surface area contributed by atoms with Gasteiger partial charge in [0.1, 0.15) is 0 Å². The molecule has 1 heterocycles. The van der Waals surface area contributed by atoms with Crippen molar-refractivity contribution in [2.75, 3.05) is 33.0 Å². The van der Waals surface area contributed by atoms with E-state index in [0.717, 1.165) is 25.7 Å². The molecule has 0 atom stereocenters. The van der Waals surface area contributed by atoms with E-state index in [4.69, 9.17) is 13.3 Å². The molecule has 1 aliphatic heterocycles. The lowest BCUT2D eigenvalue weighted by atomic mass is 10.1. The fourth-order valence-electron chi connectivity index (χ4n) is 2.55. The Bertz CT molecular complexity index is 328. The standard InChI is InChI=1S/C16H34N2O3Si/c1-7-19-22(20-8-2,21-9-3)14-10-11-17-12-13-18(15-17)16(4,5)6/h12-13H,7-11,14-15H2,1-6H3. The molecule has 0 radical (unpaired) electrons. The zero-order chi connectivity index (χ0) is 16.6. The van der Waals surface area contributed by atoms with Gasteiger partial charge < -0.3 is 23.1 Å². The van der Waals surface area contributed by atoms with Gasteiger partial charge >= 0.3 is 8.80 Å². The van der Waals surface area contributed by atoms with Gasteiger partial charge in [-0.15, -0.1) is 0 Å².